The van der Waals surface area contributed by atoms with Crippen LogP contribution in [0.25, 0.3) is 10.2 Å². The lowest BCUT2D eigenvalue weighted by Crippen LogP contribution is -2.35. The Balaban J connectivity index is 1.47. The van der Waals surface area contributed by atoms with Crippen LogP contribution in [0.4, 0.5) is 5.69 Å². The summed E-state index contributed by atoms with van der Waals surface area (Å²) in [7, 11) is 3.66. The molecule has 4 heterocycles. The molecule has 10 heteroatoms. The number of nitrogens with one attached hydrogen (secondary N) is 2. The van der Waals surface area contributed by atoms with Crippen molar-refractivity contribution in [3.8, 4) is 0 Å². The zero-order valence-electron chi connectivity index (χ0n) is 18.8. The number of rotatable bonds is 6. The van der Waals surface area contributed by atoms with Gasteiger partial charge in [-0.3, -0.25) is 19.1 Å². The van der Waals surface area contributed by atoms with Crippen molar-refractivity contribution in [2.45, 2.75) is 39.4 Å². The molecule has 170 valence electrons. The van der Waals surface area contributed by atoms with Crippen LogP contribution in [0.1, 0.15) is 34.4 Å². The molecule has 32 heavy (non-hydrogen) atoms. The second-order valence-electron chi connectivity index (χ2n) is 8.10. The average Bonchev–Trinajstić information content (AvgIpc) is 3.40. The van der Waals surface area contributed by atoms with Crippen LogP contribution in [0.2, 0.25) is 0 Å². The van der Waals surface area contributed by atoms with Gasteiger partial charge >= 0.3 is 5.69 Å². The molecule has 1 aliphatic heterocycles. The number of fused-ring (bicyclic) bond motifs is 1. The first-order valence-electron chi connectivity index (χ1n) is 10.7. The van der Waals surface area contributed by atoms with Gasteiger partial charge < -0.3 is 15.2 Å². The van der Waals surface area contributed by atoms with Gasteiger partial charge in [0.1, 0.15) is 10.4 Å². The summed E-state index contributed by atoms with van der Waals surface area (Å²) >= 11 is 1.46. The van der Waals surface area contributed by atoms with Gasteiger partial charge in [-0.05, 0) is 38.5 Å². The van der Waals surface area contributed by atoms with E-state index in [1.165, 1.54) is 15.9 Å². The van der Waals surface area contributed by atoms with Crippen molar-refractivity contribution in [3.05, 3.63) is 55.3 Å². The highest BCUT2D eigenvalue weighted by Crippen LogP contribution is 2.27. The number of amides is 1. The molecule has 1 unspecified atom stereocenters. The molecule has 3 aromatic heterocycles. The number of hydrogen-bond acceptors (Lipinski definition) is 7. The van der Waals surface area contributed by atoms with Crippen molar-refractivity contribution in [2.24, 2.45) is 0 Å². The third-order valence-electron chi connectivity index (χ3n) is 6.10. The number of likely N-dealkylation sites (tertiary alicyclic amines) is 1. The lowest BCUT2D eigenvalue weighted by molar-refractivity contribution is 0.0958. The van der Waals surface area contributed by atoms with E-state index in [0.29, 0.717) is 28.5 Å². The Hall–Kier alpha value is -2.98. The third kappa shape index (κ3) is 4.07. The Bertz CT molecular complexity index is 1280. The maximum absolute atomic E-state index is 12.5. The summed E-state index contributed by atoms with van der Waals surface area (Å²) in [5.74, 6) is -0.190. The monoisotopic (exact) mass is 456 g/mol. The fraction of sp³-hybridized carbons (Fsp3) is 0.455. The van der Waals surface area contributed by atoms with Crippen LogP contribution in [0, 0.1) is 6.92 Å². The van der Waals surface area contributed by atoms with E-state index in [0.717, 1.165) is 42.3 Å². The molecule has 0 aromatic carbocycles. The standard InChI is InChI=1S/C22H28N6O3S/c1-5-28-21(30)19-17(25-22(28)31)10-15(32-19)12-27-9-8-14(11-27)26(4)18-7-6-16(20(29)23-3)24-13(18)2/h6-7,10,14H,5,8-9,11-12H2,1-4H3,(H,23,29)(H,25,31). The molecule has 0 saturated carbocycles. The van der Waals surface area contributed by atoms with Crippen LogP contribution >= 0.6 is 11.3 Å². The van der Waals surface area contributed by atoms with Gasteiger partial charge in [-0.1, -0.05) is 0 Å². The number of pyridine rings is 1. The predicted molar refractivity (Wildman–Crippen MR) is 127 cm³/mol. The Labute approximate surface area is 189 Å². The maximum atomic E-state index is 12.5. The van der Waals surface area contributed by atoms with E-state index >= 15 is 0 Å². The van der Waals surface area contributed by atoms with Crippen LogP contribution in [0.5, 0.6) is 0 Å². The fourth-order valence-electron chi connectivity index (χ4n) is 4.33. The Morgan fingerprint density at radius 1 is 1.38 bits per heavy atom. The van der Waals surface area contributed by atoms with Crippen molar-refractivity contribution >= 4 is 33.1 Å². The van der Waals surface area contributed by atoms with Crippen LogP contribution < -0.4 is 21.5 Å². The molecule has 2 N–H and O–H groups in total. The summed E-state index contributed by atoms with van der Waals surface area (Å²) < 4.78 is 1.84. The van der Waals surface area contributed by atoms with Crippen LogP contribution in [0.3, 0.4) is 0 Å². The van der Waals surface area contributed by atoms with Gasteiger partial charge in [-0.2, -0.15) is 0 Å². The van der Waals surface area contributed by atoms with Gasteiger partial charge in [-0.25, -0.2) is 9.78 Å². The van der Waals surface area contributed by atoms with E-state index in [9.17, 15) is 14.4 Å². The fourth-order valence-corrected chi connectivity index (χ4v) is 5.43. The zero-order valence-corrected chi connectivity index (χ0v) is 19.6. The van der Waals surface area contributed by atoms with Gasteiger partial charge in [0.2, 0.25) is 0 Å². The van der Waals surface area contributed by atoms with Crippen molar-refractivity contribution in [1.82, 2.24) is 24.8 Å². The predicted octanol–water partition coefficient (Wildman–Crippen LogP) is 1.54. The Morgan fingerprint density at radius 3 is 2.84 bits per heavy atom. The maximum Gasteiger partial charge on any atom is 0.328 e. The first-order valence-corrected chi connectivity index (χ1v) is 11.5. The number of thiophene rings is 1. The highest BCUT2D eigenvalue weighted by atomic mass is 32.1. The second-order valence-corrected chi connectivity index (χ2v) is 9.24. The van der Waals surface area contributed by atoms with E-state index in [1.54, 1.807) is 20.0 Å². The van der Waals surface area contributed by atoms with Gasteiger partial charge in [0.05, 0.1) is 16.9 Å². The topological polar surface area (TPSA) is 103 Å². The number of aromatic nitrogens is 3. The molecule has 1 fully saturated rings. The molecule has 1 saturated heterocycles. The van der Waals surface area contributed by atoms with Crippen LogP contribution in [-0.2, 0) is 13.1 Å². The lowest BCUT2D eigenvalue weighted by Gasteiger charge is -2.28. The first kappa shape index (κ1) is 22.2. The number of H-pyrrole nitrogens is 1. The molecular formula is C22H28N6O3S. The van der Waals surface area contributed by atoms with Gasteiger partial charge in [0.15, 0.2) is 0 Å². The van der Waals surface area contributed by atoms with E-state index in [1.807, 2.05) is 19.1 Å². The van der Waals surface area contributed by atoms with Crippen LogP contribution in [-0.4, -0.2) is 58.6 Å². The summed E-state index contributed by atoms with van der Waals surface area (Å²) in [4.78, 5) is 49.4. The van der Waals surface area contributed by atoms with Gasteiger partial charge in [0, 0.05) is 51.2 Å². The molecule has 3 aromatic rings. The largest absolute Gasteiger partial charge is 0.369 e. The first-order chi connectivity index (χ1) is 15.3. The van der Waals surface area contributed by atoms with E-state index in [4.69, 9.17) is 0 Å². The number of hydrogen-bond donors (Lipinski definition) is 2. The SMILES string of the molecule is CCn1c(=O)[nH]c2cc(CN3CCC(N(C)c4ccc(C(=O)NC)nc4C)C3)sc2c1=O. The minimum absolute atomic E-state index is 0.190. The van der Waals surface area contributed by atoms with E-state index < -0.39 is 0 Å². The Kier molecular flexibility index (Phi) is 6.16. The lowest BCUT2D eigenvalue weighted by atomic mass is 10.2. The molecular weight excluding hydrogens is 428 g/mol. The summed E-state index contributed by atoms with van der Waals surface area (Å²) in [6.45, 7) is 6.64. The zero-order chi connectivity index (χ0) is 23.0. The number of aromatic amines is 1. The van der Waals surface area contributed by atoms with Crippen molar-refractivity contribution in [3.63, 3.8) is 0 Å². The van der Waals surface area contributed by atoms with Crippen molar-refractivity contribution < 1.29 is 4.79 Å². The molecule has 0 radical (unpaired) electrons. The number of carbonyl (C=O) groups is 1. The molecule has 0 spiro atoms. The molecule has 4 rings (SSSR count). The summed E-state index contributed by atoms with van der Waals surface area (Å²) in [6.07, 6.45) is 1.01. The number of anilines is 1. The van der Waals surface area contributed by atoms with Gasteiger partial charge in [0.25, 0.3) is 11.5 Å². The second kappa shape index (κ2) is 8.87. The van der Waals surface area contributed by atoms with Crippen molar-refractivity contribution in [1.29, 1.82) is 0 Å². The molecule has 1 aliphatic rings. The number of aryl methyl sites for hydroxylation is 1. The summed E-state index contributed by atoms with van der Waals surface area (Å²) in [5.41, 5.74) is 2.31. The minimum atomic E-state index is -0.358. The molecule has 9 nitrogen and oxygen atoms in total. The molecule has 1 atom stereocenters. The molecule has 0 aliphatic carbocycles. The van der Waals surface area contributed by atoms with E-state index in [-0.39, 0.29) is 17.2 Å². The number of likely N-dealkylation sites (N-methyl/N-ethyl adjacent to an activating group) is 1. The smallest absolute Gasteiger partial charge is 0.328 e. The molecule has 0 bridgehead atoms. The van der Waals surface area contributed by atoms with E-state index in [2.05, 4.69) is 32.1 Å². The minimum Gasteiger partial charge on any atom is -0.369 e. The van der Waals surface area contributed by atoms with Crippen molar-refractivity contribution in [2.75, 3.05) is 32.1 Å². The highest BCUT2D eigenvalue weighted by Gasteiger charge is 2.27. The van der Waals surface area contributed by atoms with Gasteiger partial charge in [-0.15, -0.1) is 11.3 Å². The number of carbonyl (C=O) groups excluding carboxylic acids is 1. The van der Waals surface area contributed by atoms with Crippen LogP contribution in [0.15, 0.2) is 27.8 Å². The summed E-state index contributed by atoms with van der Waals surface area (Å²) in [6, 6.07) is 5.96. The molecule has 1 amide bonds. The summed E-state index contributed by atoms with van der Waals surface area (Å²) in [5, 5.41) is 2.60. The normalized spacial score (nSPS) is 16.6. The Morgan fingerprint density at radius 2 is 2.16 bits per heavy atom. The third-order valence-corrected chi connectivity index (χ3v) is 7.21. The number of nitrogens with zero attached hydrogens (tertiary/aromatic N) is 4. The highest BCUT2D eigenvalue weighted by molar-refractivity contribution is 7.18. The average molecular weight is 457 g/mol. The quantitative estimate of drug-likeness (QED) is 0.583.